The molecular formula is C18H27BFNO4. The smallest absolute Gasteiger partial charge is 0.443 e. The van der Waals surface area contributed by atoms with Gasteiger partial charge in [-0.2, -0.15) is 0 Å². The number of amides is 1. The molecule has 0 unspecified atom stereocenters. The van der Waals surface area contributed by atoms with Gasteiger partial charge in [0.2, 0.25) is 0 Å². The standard InChI is InChI=1S/C18H27BFNO4/c1-16(2,3)23-15(22)21(8)12-9-10-13(14(20)11-12)19-24-17(4,5)18(6,7)25-19/h9-11H,1-8H3. The molecule has 0 bridgehead atoms. The molecule has 2 rings (SSSR count). The van der Waals surface area contributed by atoms with Gasteiger partial charge in [-0.3, -0.25) is 4.90 Å². The van der Waals surface area contributed by atoms with Gasteiger partial charge in [-0.1, -0.05) is 6.07 Å². The van der Waals surface area contributed by atoms with Crippen LogP contribution in [0.4, 0.5) is 14.9 Å². The lowest BCUT2D eigenvalue weighted by atomic mass is 9.78. The maximum Gasteiger partial charge on any atom is 0.497 e. The predicted octanol–water partition coefficient (Wildman–Crippen LogP) is 3.50. The third kappa shape index (κ3) is 4.15. The summed E-state index contributed by atoms with van der Waals surface area (Å²) in [5, 5.41) is 0. The fourth-order valence-electron chi connectivity index (χ4n) is 2.32. The third-order valence-electron chi connectivity index (χ3n) is 4.55. The Morgan fingerprint density at radius 1 is 1.16 bits per heavy atom. The lowest BCUT2D eigenvalue weighted by Crippen LogP contribution is -2.41. The number of ether oxygens (including phenoxy) is 1. The van der Waals surface area contributed by atoms with Crippen molar-refractivity contribution in [2.45, 2.75) is 65.3 Å². The van der Waals surface area contributed by atoms with Crippen LogP contribution in [0.15, 0.2) is 18.2 Å². The fraction of sp³-hybridized carbons (Fsp3) is 0.611. The number of hydrogen-bond donors (Lipinski definition) is 0. The second kappa shape index (κ2) is 6.29. The second-order valence-electron chi connectivity index (χ2n) is 8.33. The molecule has 1 fully saturated rings. The highest BCUT2D eigenvalue weighted by molar-refractivity contribution is 6.62. The molecule has 1 saturated heterocycles. The summed E-state index contributed by atoms with van der Waals surface area (Å²) in [5.74, 6) is -0.494. The highest BCUT2D eigenvalue weighted by Gasteiger charge is 2.52. The van der Waals surface area contributed by atoms with Crippen LogP contribution in [-0.4, -0.2) is 37.1 Å². The van der Waals surface area contributed by atoms with Crippen LogP contribution in [0.3, 0.4) is 0 Å². The molecule has 0 aromatic heterocycles. The Balaban J connectivity index is 2.21. The number of nitrogens with zero attached hydrogens (tertiary/aromatic N) is 1. The van der Waals surface area contributed by atoms with Crippen LogP contribution < -0.4 is 10.4 Å². The number of halogens is 1. The van der Waals surface area contributed by atoms with E-state index >= 15 is 0 Å². The summed E-state index contributed by atoms with van der Waals surface area (Å²) in [4.78, 5) is 13.4. The monoisotopic (exact) mass is 351 g/mol. The minimum Gasteiger partial charge on any atom is -0.443 e. The van der Waals surface area contributed by atoms with Crippen molar-refractivity contribution in [2.24, 2.45) is 0 Å². The summed E-state index contributed by atoms with van der Waals surface area (Å²) in [6.07, 6.45) is -0.546. The summed E-state index contributed by atoms with van der Waals surface area (Å²) in [6.45, 7) is 13.0. The maximum absolute atomic E-state index is 14.6. The van der Waals surface area contributed by atoms with E-state index in [0.717, 1.165) is 0 Å². The van der Waals surface area contributed by atoms with Gasteiger partial charge in [0.1, 0.15) is 11.4 Å². The van der Waals surface area contributed by atoms with Gasteiger partial charge < -0.3 is 14.0 Å². The molecule has 0 radical (unpaired) electrons. The normalized spacial score (nSPS) is 19.0. The molecule has 1 aliphatic rings. The molecule has 1 amide bonds. The summed E-state index contributed by atoms with van der Waals surface area (Å²) in [5.41, 5.74) is -1.01. The first kappa shape index (κ1) is 19.7. The van der Waals surface area contributed by atoms with Gasteiger partial charge in [0.05, 0.1) is 11.2 Å². The Bertz CT molecular complexity index is 654. The lowest BCUT2D eigenvalue weighted by Gasteiger charge is -2.32. The zero-order valence-electron chi connectivity index (χ0n) is 16.3. The highest BCUT2D eigenvalue weighted by Crippen LogP contribution is 2.36. The van der Waals surface area contributed by atoms with Crippen molar-refractivity contribution in [1.29, 1.82) is 0 Å². The average Bonchev–Trinajstić information content (AvgIpc) is 2.64. The third-order valence-corrected chi connectivity index (χ3v) is 4.55. The van der Waals surface area contributed by atoms with E-state index < -0.39 is 35.8 Å². The SMILES string of the molecule is CN(C(=O)OC(C)(C)C)c1ccc(B2OC(C)(C)C(C)(C)O2)c(F)c1. The summed E-state index contributed by atoms with van der Waals surface area (Å²) < 4.78 is 31.7. The molecule has 138 valence electrons. The van der Waals surface area contributed by atoms with Gasteiger partial charge in [-0.25, -0.2) is 9.18 Å². The lowest BCUT2D eigenvalue weighted by molar-refractivity contribution is 0.00578. The van der Waals surface area contributed by atoms with Gasteiger partial charge in [-0.05, 0) is 60.6 Å². The molecular weight excluding hydrogens is 324 g/mol. The minimum absolute atomic E-state index is 0.306. The average molecular weight is 351 g/mol. The number of hydrogen-bond acceptors (Lipinski definition) is 4. The molecule has 0 spiro atoms. The molecule has 1 heterocycles. The van der Waals surface area contributed by atoms with Crippen molar-refractivity contribution in [3.8, 4) is 0 Å². The van der Waals surface area contributed by atoms with Crippen LogP contribution in [0.1, 0.15) is 48.5 Å². The molecule has 0 saturated carbocycles. The van der Waals surface area contributed by atoms with E-state index in [1.165, 1.54) is 18.0 Å². The first-order valence-electron chi connectivity index (χ1n) is 8.35. The van der Waals surface area contributed by atoms with Gasteiger partial charge in [0, 0.05) is 18.2 Å². The molecule has 7 heteroatoms. The largest absolute Gasteiger partial charge is 0.497 e. The summed E-state index contributed by atoms with van der Waals surface area (Å²) in [7, 11) is 0.753. The zero-order valence-corrected chi connectivity index (χ0v) is 16.3. The van der Waals surface area contributed by atoms with Crippen molar-refractivity contribution < 1.29 is 23.2 Å². The van der Waals surface area contributed by atoms with Gasteiger partial charge in [0.15, 0.2) is 0 Å². The number of carbonyl (C=O) groups excluding carboxylic acids is 1. The fourth-order valence-corrected chi connectivity index (χ4v) is 2.32. The number of rotatable bonds is 2. The van der Waals surface area contributed by atoms with E-state index in [9.17, 15) is 9.18 Å². The Kier molecular flexibility index (Phi) is 4.96. The first-order chi connectivity index (χ1) is 11.2. The molecule has 25 heavy (non-hydrogen) atoms. The van der Waals surface area contributed by atoms with Crippen molar-refractivity contribution in [3.63, 3.8) is 0 Å². The topological polar surface area (TPSA) is 48.0 Å². The van der Waals surface area contributed by atoms with Crippen LogP contribution in [0.5, 0.6) is 0 Å². The molecule has 0 atom stereocenters. The van der Waals surface area contributed by atoms with Crippen LogP contribution in [0.25, 0.3) is 0 Å². The van der Waals surface area contributed by atoms with Crippen molar-refractivity contribution in [2.75, 3.05) is 11.9 Å². The Morgan fingerprint density at radius 2 is 1.68 bits per heavy atom. The summed E-state index contributed by atoms with van der Waals surface area (Å²) >= 11 is 0. The van der Waals surface area contributed by atoms with E-state index in [1.54, 1.807) is 32.9 Å². The highest BCUT2D eigenvalue weighted by atomic mass is 19.1. The van der Waals surface area contributed by atoms with E-state index in [-0.39, 0.29) is 0 Å². The van der Waals surface area contributed by atoms with E-state index in [4.69, 9.17) is 14.0 Å². The second-order valence-corrected chi connectivity index (χ2v) is 8.33. The Labute approximate surface area is 149 Å². The number of carbonyl (C=O) groups is 1. The number of benzene rings is 1. The van der Waals surface area contributed by atoms with Crippen LogP contribution in [0, 0.1) is 5.82 Å². The minimum atomic E-state index is -0.786. The van der Waals surface area contributed by atoms with Gasteiger partial charge >= 0.3 is 13.2 Å². The van der Waals surface area contributed by atoms with Crippen LogP contribution in [-0.2, 0) is 14.0 Å². The van der Waals surface area contributed by atoms with E-state index in [2.05, 4.69) is 0 Å². The van der Waals surface area contributed by atoms with E-state index in [1.807, 2.05) is 27.7 Å². The Morgan fingerprint density at radius 3 is 2.12 bits per heavy atom. The summed E-state index contributed by atoms with van der Waals surface area (Å²) in [6, 6.07) is 4.51. The van der Waals surface area contributed by atoms with Gasteiger partial charge in [0.25, 0.3) is 0 Å². The predicted molar refractivity (Wildman–Crippen MR) is 96.8 cm³/mol. The molecule has 0 aliphatic carbocycles. The van der Waals surface area contributed by atoms with E-state index in [0.29, 0.717) is 11.2 Å². The van der Waals surface area contributed by atoms with Crippen molar-refractivity contribution >= 4 is 24.4 Å². The first-order valence-corrected chi connectivity index (χ1v) is 8.35. The molecule has 5 nitrogen and oxygen atoms in total. The van der Waals surface area contributed by atoms with Crippen molar-refractivity contribution in [1.82, 2.24) is 0 Å². The molecule has 1 aliphatic heterocycles. The number of anilines is 1. The Hall–Kier alpha value is -1.60. The molecule has 0 N–H and O–H groups in total. The van der Waals surface area contributed by atoms with Crippen LogP contribution >= 0.6 is 0 Å². The maximum atomic E-state index is 14.6. The van der Waals surface area contributed by atoms with Crippen LogP contribution in [0.2, 0.25) is 0 Å². The molecule has 1 aromatic rings. The zero-order chi connectivity index (χ0) is 19.2. The van der Waals surface area contributed by atoms with Crippen molar-refractivity contribution in [3.05, 3.63) is 24.0 Å². The quantitative estimate of drug-likeness (QED) is 0.766. The molecule has 1 aromatic carbocycles. The van der Waals surface area contributed by atoms with Gasteiger partial charge in [-0.15, -0.1) is 0 Å².